The minimum absolute atomic E-state index is 0.490. The molecule has 0 aromatic carbocycles. The van der Waals surface area contributed by atoms with Gasteiger partial charge in [0, 0.05) is 12.6 Å². The Hall–Kier alpha value is -0.120. The van der Waals surface area contributed by atoms with Crippen LogP contribution >= 0.6 is 0 Å². The topological polar surface area (TPSA) is 47.3 Å². The van der Waals surface area contributed by atoms with Crippen molar-refractivity contribution in [3.8, 4) is 0 Å². The first-order valence-corrected chi connectivity index (χ1v) is 6.21. The van der Waals surface area contributed by atoms with Gasteiger partial charge in [0.15, 0.2) is 0 Å². The van der Waals surface area contributed by atoms with Gasteiger partial charge in [0.05, 0.1) is 6.10 Å². The maximum Gasteiger partial charge on any atom is 0.0576 e. The van der Waals surface area contributed by atoms with Crippen molar-refractivity contribution in [1.82, 2.24) is 5.43 Å². The van der Waals surface area contributed by atoms with Crippen molar-refractivity contribution < 1.29 is 4.74 Å². The molecular formula is C12H24N2O. The number of ether oxygens (including phenoxy) is 1. The summed E-state index contributed by atoms with van der Waals surface area (Å²) in [7, 11) is 0. The van der Waals surface area contributed by atoms with E-state index >= 15 is 0 Å². The third-order valence-electron chi connectivity index (χ3n) is 4.11. The highest BCUT2D eigenvalue weighted by Crippen LogP contribution is 2.54. The summed E-state index contributed by atoms with van der Waals surface area (Å²) in [4.78, 5) is 0. The number of hydrogen-bond acceptors (Lipinski definition) is 3. The average molecular weight is 212 g/mol. The largest absolute Gasteiger partial charge is 0.378 e. The summed E-state index contributed by atoms with van der Waals surface area (Å²) in [5.41, 5.74) is 3.50. The van der Waals surface area contributed by atoms with Gasteiger partial charge in [0.1, 0.15) is 0 Å². The summed E-state index contributed by atoms with van der Waals surface area (Å²) in [6, 6.07) is 0.490. The molecule has 0 bridgehead atoms. The van der Waals surface area contributed by atoms with Crippen LogP contribution in [0.25, 0.3) is 0 Å². The molecule has 3 unspecified atom stereocenters. The predicted molar refractivity (Wildman–Crippen MR) is 61.2 cm³/mol. The van der Waals surface area contributed by atoms with Gasteiger partial charge in [-0.15, -0.1) is 0 Å². The molecule has 0 spiro atoms. The number of rotatable bonds is 5. The Morgan fingerprint density at radius 1 is 1.53 bits per heavy atom. The normalized spacial score (nSPS) is 35.4. The zero-order chi connectivity index (χ0) is 10.9. The predicted octanol–water partition coefficient (Wildman–Crippen LogP) is 1.82. The molecule has 1 aliphatic carbocycles. The molecule has 2 rings (SSSR count). The molecule has 1 aliphatic heterocycles. The van der Waals surface area contributed by atoms with Crippen LogP contribution in [-0.2, 0) is 4.74 Å². The molecule has 3 atom stereocenters. The molecule has 1 heterocycles. The lowest BCUT2D eigenvalue weighted by Gasteiger charge is -2.19. The monoisotopic (exact) mass is 212 g/mol. The van der Waals surface area contributed by atoms with Crippen molar-refractivity contribution in [2.24, 2.45) is 17.2 Å². The number of hydrazine groups is 1. The first-order chi connectivity index (χ1) is 7.13. The van der Waals surface area contributed by atoms with Crippen LogP contribution in [0.15, 0.2) is 0 Å². The Bertz CT molecular complexity index is 212. The Balaban J connectivity index is 1.72. The minimum Gasteiger partial charge on any atom is -0.378 e. The molecule has 3 heteroatoms. The van der Waals surface area contributed by atoms with Gasteiger partial charge in [-0.1, -0.05) is 13.8 Å². The Morgan fingerprint density at radius 3 is 2.73 bits per heavy atom. The molecule has 3 N–H and O–H groups in total. The van der Waals surface area contributed by atoms with E-state index in [9.17, 15) is 0 Å². The average Bonchev–Trinajstić information content (AvgIpc) is 2.68. The fourth-order valence-electron chi connectivity index (χ4n) is 2.83. The second kappa shape index (κ2) is 4.40. The first-order valence-electron chi connectivity index (χ1n) is 6.21. The van der Waals surface area contributed by atoms with Crippen molar-refractivity contribution in [3.05, 3.63) is 0 Å². The zero-order valence-electron chi connectivity index (χ0n) is 9.96. The van der Waals surface area contributed by atoms with Gasteiger partial charge >= 0.3 is 0 Å². The highest BCUT2D eigenvalue weighted by molar-refractivity contribution is 5.01. The molecule has 0 aromatic heterocycles. The molecule has 0 radical (unpaired) electrons. The van der Waals surface area contributed by atoms with Crippen molar-refractivity contribution >= 4 is 0 Å². The summed E-state index contributed by atoms with van der Waals surface area (Å²) in [6.45, 7) is 5.61. The quantitative estimate of drug-likeness (QED) is 0.540. The van der Waals surface area contributed by atoms with Crippen LogP contribution in [0.2, 0.25) is 0 Å². The fourth-order valence-corrected chi connectivity index (χ4v) is 2.83. The van der Waals surface area contributed by atoms with E-state index in [4.69, 9.17) is 10.6 Å². The lowest BCUT2D eigenvalue weighted by atomic mass is 9.98. The van der Waals surface area contributed by atoms with E-state index in [1.807, 2.05) is 0 Å². The summed E-state index contributed by atoms with van der Waals surface area (Å²) >= 11 is 0. The van der Waals surface area contributed by atoms with Crippen LogP contribution in [0.3, 0.4) is 0 Å². The molecule has 3 nitrogen and oxygen atoms in total. The van der Waals surface area contributed by atoms with Crippen LogP contribution in [0, 0.1) is 11.3 Å². The van der Waals surface area contributed by atoms with Gasteiger partial charge in [-0.05, 0) is 43.4 Å². The highest BCUT2D eigenvalue weighted by atomic mass is 16.5. The second-order valence-electron chi connectivity index (χ2n) is 5.78. The Morgan fingerprint density at radius 2 is 2.27 bits per heavy atom. The summed E-state index contributed by atoms with van der Waals surface area (Å²) in [5, 5.41) is 0. The standard InChI is InChI=1S/C12H24N2O/c1-12(2)8-10(12)11(14-13)6-5-9-4-3-7-15-9/h9-11,14H,3-8,13H2,1-2H3. The zero-order valence-corrected chi connectivity index (χ0v) is 9.96. The van der Waals surface area contributed by atoms with Gasteiger partial charge in [-0.3, -0.25) is 11.3 Å². The van der Waals surface area contributed by atoms with Crippen LogP contribution in [0.4, 0.5) is 0 Å². The van der Waals surface area contributed by atoms with E-state index in [2.05, 4.69) is 19.3 Å². The van der Waals surface area contributed by atoms with E-state index in [-0.39, 0.29) is 0 Å². The number of nitrogens with one attached hydrogen (secondary N) is 1. The van der Waals surface area contributed by atoms with E-state index in [0.717, 1.165) is 18.9 Å². The Labute approximate surface area is 92.7 Å². The SMILES string of the molecule is CC1(C)CC1C(CCC1CCCO1)NN. The van der Waals surface area contributed by atoms with E-state index in [1.165, 1.54) is 25.7 Å². The molecule has 15 heavy (non-hydrogen) atoms. The maximum absolute atomic E-state index is 5.63. The van der Waals surface area contributed by atoms with E-state index in [0.29, 0.717) is 17.6 Å². The summed E-state index contributed by atoms with van der Waals surface area (Å²) in [5.74, 6) is 6.40. The highest BCUT2D eigenvalue weighted by Gasteiger charge is 2.49. The molecular weight excluding hydrogens is 188 g/mol. The van der Waals surface area contributed by atoms with Crippen molar-refractivity contribution in [2.45, 2.75) is 58.1 Å². The van der Waals surface area contributed by atoms with Gasteiger partial charge in [0.25, 0.3) is 0 Å². The van der Waals surface area contributed by atoms with Crippen LogP contribution in [0.1, 0.15) is 46.0 Å². The maximum atomic E-state index is 5.63. The van der Waals surface area contributed by atoms with Gasteiger partial charge in [-0.25, -0.2) is 0 Å². The van der Waals surface area contributed by atoms with Gasteiger partial charge < -0.3 is 4.74 Å². The van der Waals surface area contributed by atoms with Crippen molar-refractivity contribution in [2.75, 3.05) is 6.61 Å². The van der Waals surface area contributed by atoms with Crippen LogP contribution < -0.4 is 11.3 Å². The molecule has 0 amide bonds. The summed E-state index contributed by atoms with van der Waals surface area (Å²) in [6.07, 6.45) is 6.62. The number of hydrogen-bond donors (Lipinski definition) is 2. The van der Waals surface area contributed by atoms with Gasteiger partial charge in [0.2, 0.25) is 0 Å². The third kappa shape index (κ3) is 2.71. The van der Waals surface area contributed by atoms with Crippen molar-refractivity contribution in [1.29, 1.82) is 0 Å². The lowest BCUT2D eigenvalue weighted by molar-refractivity contribution is 0.0983. The van der Waals surface area contributed by atoms with E-state index in [1.54, 1.807) is 0 Å². The molecule has 88 valence electrons. The Kier molecular flexibility index (Phi) is 3.33. The lowest BCUT2D eigenvalue weighted by Crippen LogP contribution is -2.38. The van der Waals surface area contributed by atoms with Crippen LogP contribution in [-0.4, -0.2) is 18.8 Å². The minimum atomic E-state index is 0.490. The summed E-state index contributed by atoms with van der Waals surface area (Å²) < 4.78 is 5.63. The molecule has 2 aliphatic rings. The smallest absolute Gasteiger partial charge is 0.0576 e. The third-order valence-corrected chi connectivity index (χ3v) is 4.11. The number of nitrogens with two attached hydrogens (primary N) is 1. The van der Waals surface area contributed by atoms with E-state index < -0.39 is 0 Å². The van der Waals surface area contributed by atoms with Crippen molar-refractivity contribution in [3.63, 3.8) is 0 Å². The van der Waals surface area contributed by atoms with Crippen LogP contribution in [0.5, 0.6) is 0 Å². The van der Waals surface area contributed by atoms with Gasteiger partial charge in [-0.2, -0.15) is 0 Å². The second-order valence-corrected chi connectivity index (χ2v) is 5.78. The molecule has 0 aromatic rings. The molecule has 2 fully saturated rings. The fraction of sp³-hybridized carbons (Fsp3) is 1.00. The first kappa shape index (κ1) is 11.4. The molecule has 1 saturated carbocycles. The molecule has 1 saturated heterocycles.